The predicted molar refractivity (Wildman–Crippen MR) is 44.2 cm³/mol. The van der Waals surface area contributed by atoms with Gasteiger partial charge in [0.2, 0.25) is 10.6 Å². The van der Waals surface area contributed by atoms with E-state index in [4.69, 9.17) is 34.4 Å². The first-order chi connectivity index (χ1) is 5.72. The Balaban J connectivity index is 2.80. The fraction of sp³-hybridized carbons (Fsp3) is 0.167. The third kappa shape index (κ3) is 2.53. The Morgan fingerprint density at radius 2 is 1.83 bits per heavy atom. The van der Waals surface area contributed by atoms with Crippen LogP contribution in [0.1, 0.15) is 0 Å². The van der Waals surface area contributed by atoms with Crippen molar-refractivity contribution >= 4 is 23.2 Å². The number of terminal acetylenes is 1. The summed E-state index contributed by atoms with van der Waals surface area (Å²) < 4.78 is 4.85. The van der Waals surface area contributed by atoms with E-state index in [1.807, 2.05) is 0 Å². The molecule has 1 heterocycles. The van der Waals surface area contributed by atoms with Crippen molar-refractivity contribution in [3.8, 4) is 18.4 Å². The number of aromatic nitrogens is 3. The Bertz CT molecular complexity index is 303. The van der Waals surface area contributed by atoms with Gasteiger partial charge in [0, 0.05) is 0 Å². The molecule has 62 valence electrons. The van der Waals surface area contributed by atoms with Gasteiger partial charge in [0.15, 0.2) is 6.61 Å². The number of rotatable bonds is 2. The van der Waals surface area contributed by atoms with Crippen LogP contribution in [-0.2, 0) is 0 Å². The monoisotopic (exact) mass is 203 g/mol. The molecular weight excluding hydrogens is 201 g/mol. The summed E-state index contributed by atoms with van der Waals surface area (Å²) in [5.41, 5.74) is 0. The van der Waals surface area contributed by atoms with Crippen molar-refractivity contribution in [1.29, 1.82) is 0 Å². The third-order valence-corrected chi connectivity index (χ3v) is 1.18. The van der Waals surface area contributed by atoms with E-state index >= 15 is 0 Å². The normalized spacial score (nSPS) is 9.08. The molecule has 1 rings (SSSR count). The van der Waals surface area contributed by atoms with Gasteiger partial charge in [0.05, 0.1) is 0 Å². The lowest BCUT2D eigenvalue weighted by Gasteiger charge is -1.98. The molecule has 1 aromatic rings. The summed E-state index contributed by atoms with van der Waals surface area (Å²) in [4.78, 5) is 10.7. The third-order valence-electron chi connectivity index (χ3n) is 0.845. The summed E-state index contributed by atoms with van der Waals surface area (Å²) in [6, 6.07) is 0.0259. The molecule has 0 aliphatic carbocycles. The molecule has 0 aliphatic heterocycles. The first-order valence-electron chi connectivity index (χ1n) is 2.85. The zero-order chi connectivity index (χ0) is 8.97. The first-order valence-corrected chi connectivity index (χ1v) is 3.61. The maximum atomic E-state index is 5.45. The standard InChI is InChI=1S/C6H3Cl2N3O/c1-2-3-12-6-10-4(7)9-5(8)11-6/h1H,3H2. The number of hydrogen-bond donors (Lipinski definition) is 0. The molecule has 0 N–H and O–H groups in total. The highest BCUT2D eigenvalue weighted by Gasteiger charge is 2.02. The van der Waals surface area contributed by atoms with Crippen LogP contribution < -0.4 is 4.74 Å². The summed E-state index contributed by atoms with van der Waals surface area (Å²) in [5.74, 6) is 2.25. The number of halogens is 2. The SMILES string of the molecule is C#CCOc1nc(Cl)nc(Cl)n1. The average Bonchev–Trinajstić information content (AvgIpc) is 1.99. The van der Waals surface area contributed by atoms with Crippen LogP contribution >= 0.6 is 23.2 Å². The number of hydrogen-bond acceptors (Lipinski definition) is 4. The quantitative estimate of drug-likeness (QED) is 0.678. The highest BCUT2D eigenvalue weighted by Crippen LogP contribution is 2.10. The van der Waals surface area contributed by atoms with Gasteiger partial charge < -0.3 is 4.74 Å². The van der Waals surface area contributed by atoms with Crippen LogP contribution in [0.3, 0.4) is 0 Å². The van der Waals surface area contributed by atoms with Crippen molar-refractivity contribution in [2.45, 2.75) is 0 Å². The molecule has 0 saturated heterocycles. The lowest BCUT2D eigenvalue weighted by atomic mass is 10.7. The van der Waals surface area contributed by atoms with Crippen LogP contribution in [0, 0.1) is 12.3 Å². The first kappa shape index (κ1) is 9.04. The second-order valence-electron chi connectivity index (χ2n) is 1.65. The molecule has 0 saturated carbocycles. The van der Waals surface area contributed by atoms with Crippen LogP contribution in [-0.4, -0.2) is 21.6 Å². The fourth-order valence-electron chi connectivity index (χ4n) is 0.480. The van der Waals surface area contributed by atoms with Gasteiger partial charge in [0.1, 0.15) is 0 Å². The second kappa shape index (κ2) is 4.10. The molecule has 0 unspecified atom stereocenters. The molecule has 0 atom stereocenters. The van der Waals surface area contributed by atoms with Crippen molar-refractivity contribution < 1.29 is 4.74 Å². The molecule has 1 aromatic heterocycles. The number of ether oxygens (including phenoxy) is 1. The lowest BCUT2D eigenvalue weighted by Crippen LogP contribution is -2.00. The van der Waals surface area contributed by atoms with Crippen molar-refractivity contribution in [3.05, 3.63) is 10.6 Å². The van der Waals surface area contributed by atoms with E-state index in [-0.39, 0.29) is 23.2 Å². The Morgan fingerprint density at radius 1 is 1.25 bits per heavy atom. The molecule has 0 aliphatic rings. The van der Waals surface area contributed by atoms with E-state index in [2.05, 4.69) is 20.9 Å². The van der Waals surface area contributed by atoms with Gasteiger partial charge in [0.25, 0.3) is 0 Å². The molecule has 0 spiro atoms. The molecule has 0 amide bonds. The maximum Gasteiger partial charge on any atom is 0.323 e. The van der Waals surface area contributed by atoms with Crippen LogP contribution in [0.5, 0.6) is 6.01 Å². The second-order valence-corrected chi connectivity index (χ2v) is 2.32. The highest BCUT2D eigenvalue weighted by atomic mass is 35.5. The summed E-state index contributed by atoms with van der Waals surface area (Å²) in [6.07, 6.45) is 4.94. The van der Waals surface area contributed by atoms with Gasteiger partial charge >= 0.3 is 6.01 Å². The smallest absolute Gasteiger partial charge is 0.323 e. The maximum absolute atomic E-state index is 5.45. The van der Waals surface area contributed by atoms with Gasteiger partial charge in [-0.2, -0.15) is 15.0 Å². The van der Waals surface area contributed by atoms with Crippen LogP contribution in [0.25, 0.3) is 0 Å². The Morgan fingerprint density at radius 3 is 2.33 bits per heavy atom. The Hall–Kier alpha value is -1.05. The Kier molecular flexibility index (Phi) is 3.09. The van der Waals surface area contributed by atoms with Crippen LogP contribution in [0.2, 0.25) is 10.6 Å². The minimum absolute atomic E-state index is 0.0259. The van der Waals surface area contributed by atoms with E-state index < -0.39 is 0 Å². The highest BCUT2D eigenvalue weighted by molar-refractivity contribution is 6.31. The average molecular weight is 204 g/mol. The molecule has 0 aromatic carbocycles. The zero-order valence-corrected chi connectivity index (χ0v) is 7.30. The topological polar surface area (TPSA) is 47.9 Å². The van der Waals surface area contributed by atoms with Crippen LogP contribution in [0.4, 0.5) is 0 Å². The molecule has 0 fully saturated rings. The van der Waals surface area contributed by atoms with E-state index in [0.717, 1.165) is 0 Å². The summed E-state index contributed by atoms with van der Waals surface area (Å²) in [5, 5.41) is -0.0518. The predicted octanol–water partition coefficient (Wildman–Crippen LogP) is 1.19. The van der Waals surface area contributed by atoms with Crippen molar-refractivity contribution in [3.63, 3.8) is 0 Å². The molecular formula is C6H3Cl2N3O. The lowest BCUT2D eigenvalue weighted by molar-refractivity contribution is 0.338. The molecule has 6 heteroatoms. The van der Waals surface area contributed by atoms with Gasteiger partial charge in [-0.15, -0.1) is 6.42 Å². The molecule has 12 heavy (non-hydrogen) atoms. The van der Waals surface area contributed by atoms with E-state index in [1.54, 1.807) is 0 Å². The molecule has 4 nitrogen and oxygen atoms in total. The summed E-state index contributed by atoms with van der Waals surface area (Å²) >= 11 is 10.9. The van der Waals surface area contributed by atoms with Crippen molar-refractivity contribution in [2.24, 2.45) is 0 Å². The molecule has 0 radical (unpaired) electrons. The van der Waals surface area contributed by atoms with Crippen molar-refractivity contribution in [2.75, 3.05) is 6.61 Å². The number of nitrogens with zero attached hydrogens (tertiary/aromatic N) is 3. The van der Waals surface area contributed by atoms with Gasteiger partial charge in [-0.3, -0.25) is 0 Å². The summed E-state index contributed by atoms with van der Waals surface area (Å²) in [6.45, 7) is 0.0661. The fourth-order valence-corrected chi connectivity index (χ4v) is 0.828. The molecule has 0 bridgehead atoms. The van der Waals surface area contributed by atoms with Gasteiger partial charge in [-0.25, -0.2) is 0 Å². The van der Waals surface area contributed by atoms with E-state index in [0.29, 0.717) is 0 Å². The van der Waals surface area contributed by atoms with E-state index in [9.17, 15) is 0 Å². The van der Waals surface area contributed by atoms with Crippen molar-refractivity contribution in [1.82, 2.24) is 15.0 Å². The van der Waals surface area contributed by atoms with Crippen LogP contribution in [0.15, 0.2) is 0 Å². The largest absolute Gasteiger partial charge is 0.450 e. The van der Waals surface area contributed by atoms with E-state index in [1.165, 1.54) is 0 Å². The summed E-state index contributed by atoms with van der Waals surface area (Å²) in [7, 11) is 0. The minimum atomic E-state index is -0.0259. The Labute approximate surface area is 78.9 Å². The van der Waals surface area contributed by atoms with Gasteiger partial charge in [-0.05, 0) is 23.2 Å². The van der Waals surface area contributed by atoms with Gasteiger partial charge in [-0.1, -0.05) is 5.92 Å². The zero-order valence-electron chi connectivity index (χ0n) is 5.79. The minimum Gasteiger partial charge on any atom is -0.450 e.